The fraction of sp³-hybridized carbons (Fsp3) is 0.464. The number of carbonyl (C=O) groups is 3. The van der Waals surface area contributed by atoms with Crippen LogP contribution in [-0.2, 0) is 14.3 Å². The molecule has 0 aliphatic heterocycles. The molecule has 1 aliphatic carbocycles. The third kappa shape index (κ3) is 6.41. The van der Waals surface area contributed by atoms with Crippen molar-refractivity contribution in [3.8, 4) is 11.1 Å². The molecule has 188 valence electrons. The minimum atomic E-state index is -1.10. The van der Waals surface area contributed by atoms with Gasteiger partial charge in [-0.2, -0.15) is 0 Å². The van der Waals surface area contributed by atoms with E-state index < -0.39 is 36.0 Å². The maximum Gasteiger partial charge on any atom is 0.407 e. The summed E-state index contributed by atoms with van der Waals surface area (Å²) >= 11 is 0. The molecule has 1 atom stereocenters. The predicted molar refractivity (Wildman–Crippen MR) is 135 cm³/mol. The van der Waals surface area contributed by atoms with Crippen LogP contribution in [0.1, 0.15) is 58.6 Å². The van der Waals surface area contributed by atoms with E-state index in [1.165, 1.54) is 4.90 Å². The Labute approximate surface area is 207 Å². The first-order valence-corrected chi connectivity index (χ1v) is 11.9. The monoisotopic (exact) mass is 480 g/mol. The van der Waals surface area contributed by atoms with Crippen molar-refractivity contribution >= 4 is 18.0 Å². The van der Waals surface area contributed by atoms with Gasteiger partial charge in [0.2, 0.25) is 5.91 Å². The van der Waals surface area contributed by atoms with Crippen molar-refractivity contribution in [2.45, 2.75) is 53.5 Å². The number of hydrogen-bond acceptors (Lipinski definition) is 4. The van der Waals surface area contributed by atoms with Gasteiger partial charge in [-0.1, -0.05) is 90.1 Å². The number of alkyl carbamates (subject to hydrolysis) is 1. The summed E-state index contributed by atoms with van der Waals surface area (Å²) in [6.45, 7) is 11.2. The largest absolute Gasteiger partial charge is 0.480 e. The van der Waals surface area contributed by atoms with Crippen molar-refractivity contribution in [1.29, 1.82) is 0 Å². The number of nitrogens with one attached hydrogen (secondary N) is 1. The molecule has 7 heteroatoms. The van der Waals surface area contributed by atoms with E-state index in [0.717, 1.165) is 22.3 Å². The van der Waals surface area contributed by atoms with Crippen molar-refractivity contribution in [2.75, 3.05) is 19.7 Å². The number of ether oxygens (including phenoxy) is 1. The summed E-state index contributed by atoms with van der Waals surface area (Å²) in [5.41, 5.74) is 3.50. The van der Waals surface area contributed by atoms with Gasteiger partial charge < -0.3 is 20.1 Å². The Morgan fingerprint density at radius 1 is 0.943 bits per heavy atom. The van der Waals surface area contributed by atoms with Crippen molar-refractivity contribution in [2.24, 2.45) is 10.8 Å². The Bertz CT molecular complexity index is 1050. The number of benzene rings is 2. The second-order valence-corrected chi connectivity index (χ2v) is 11.4. The fourth-order valence-electron chi connectivity index (χ4n) is 4.54. The van der Waals surface area contributed by atoms with E-state index in [2.05, 4.69) is 17.4 Å². The van der Waals surface area contributed by atoms with Gasteiger partial charge in [0.25, 0.3) is 0 Å². The van der Waals surface area contributed by atoms with E-state index >= 15 is 0 Å². The van der Waals surface area contributed by atoms with Gasteiger partial charge in [0.05, 0.1) is 0 Å². The summed E-state index contributed by atoms with van der Waals surface area (Å²) in [7, 11) is 0. The average Bonchev–Trinajstić information content (AvgIpc) is 3.07. The van der Waals surface area contributed by atoms with E-state index in [1.54, 1.807) is 0 Å². The van der Waals surface area contributed by atoms with Crippen LogP contribution in [0.3, 0.4) is 0 Å². The smallest absolute Gasteiger partial charge is 0.407 e. The zero-order valence-electron chi connectivity index (χ0n) is 21.4. The van der Waals surface area contributed by atoms with E-state index in [1.807, 2.05) is 77.9 Å². The summed E-state index contributed by atoms with van der Waals surface area (Å²) in [6.07, 6.45) is -0.703. The highest BCUT2D eigenvalue weighted by molar-refractivity contribution is 5.89. The minimum absolute atomic E-state index is 0.0960. The Hall–Kier alpha value is -3.35. The highest BCUT2D eigenvalue weighted by Crippen LogP contribution is 2.44. The maximum absolute atomic E-state index is 13.4. The highest BCUT2D eigenvalue weighted by atomic mass is 16.5. The van der Waals surface area contributed by atoms with Crippen LogP contribution in [0.4, 0.5) is 4.79 Å². The minimum Gasteiger partial charge on any atom is -0.480 e. The summed E-state index contributed by atoms with van der Waals surface area (Å²) in [5, 5.41) is 12.1. The molecule has 0 saturated carbocycles. The molecule has 0 fully saturated rings. The molecule has 0 heterocycles. The van der Waals surface area contributed by atoms with Gasteiger partial charge in [0.1, 0.15) is 19.2 Å². The second-order valence-electron chi connectivity index (χ2n) is 11.4. The van der Waals surface area contributed by atoms with Crippen LogP contribution >= 0.6 is 0 Å². The number of carboxylic acid groups (broad SMARTS) is 1. The number of carbonyl (C=O) groups excluding carboxylic acids is 2. The van der Waals surface area contributed by atoms with Crippen molar-refractivity contribution in [3.05, 3.63) is 59.7 Å². The van der Waals surface area contributed by atoms with Crippen LogP contribution in [0.25, 0.3) is 11.1 Å². The van der Waals surface area contributed by atoms with Gasteiger partial charge in [-0.05, 0) is 33.1 Å². The van der Waals surface area contributed by atoms with Crippen LogP contribution in [0.5, 0.6) is 0 Å². The third-order valence-corrected chi connectivity index (χ3v) is 6.02. The zero-order valence-corrected chi connectivity index (χ0v) is 21.4. The molecule has 0 saturated heterocycles. The van der Waals surface area contributed by atoms with Gasteiger partial charge >= 0.3 is 12.1 Å². The van der Waals surface area contributed by atoms with E-state index in [4.69, 9.17) is 4.74 Å². The molecule has 1 unspecified atom stereocenters. The molecule has 0 radical (unpaired) electrons. The number of amides is 2. The third-order valence-electron chi connectivity index (χ3n) is 6.02. The van der Waals surface area contributed by atoms with Gasteiger partial charge in [-0.25, -0.2) is 4.79 Å². The van der Waals surface area contributed by atoms with Gasteiger partial charge in [-0.3, -0.25) is 9.59 Å². The summed E-state index contributed by atoms with van der Waals surface area (Å²) in [4.78, 5) is 39.0. The first kappa shape index (κ1) is 26.3. The van der Waals surface area contributed by atoms with Crippen LogP contribution in [0.2, 0.25) is 0 Å². The predicted octanol–water partition coefficient (Wildman–Crippen LogP) is 4.90. The molecule has 0 spiro atoms. The number of nitrogens with zero attached hydrogens (tertiary/aromatic N) is 1. The zero-order chi connectivity index (χ0) is 26.0. The topological polar surface area (TPSA) is 95.9 Å². The highest BCUT2D eigenvalue weighted by Gasteiger charge is 2.38. The molecular weight excluding hydrogens is 444 g/mol. The number of rotatable bonds is 7. The van der Waals surface area contributed by atoms with Crippen LogP contribution < -0.4 is 5.32 Å². The fourth-order valence-corrected chi connectivity index (χ4v) is 4.54. The molecule has 7 nitrogen and oxygen atoms in total. The molecule has 1 aliphatic rings. The molecular formula is C28H36N2O5. The lowest BCUT2D eigenvalue weighted by Crippen LogP contribution is -2.56. The molecule has 2 aromatic rings. The van der Waals surface area contributed by atoms with Gasteiger partial charge in [0.15, 0.2) is 0 Å². The van der Waals surface area contributed by atoms with E-state index in [0.29, 0.717) is 0 Å². The molecule has 2 N–H and O–H groups in total. The lowest BCUT2D eigenvalue weighted by atomic mass is 9.85. The standard InChI is InChI=1S/C28H36N2O5/c1-27(2,3)17-30(15-23(31)32)25(33)24(28(4,5)6)29-26(34)35-16-22-20-13-9-7-11-18(20)19-12-8-10-14-21(19)22/h7-14,22,24H,15-17H2,1-6H3,(H,29,34)(H,31,32). The summed E-state index contributed by atoms with van der Waals surface area (Å²) in [5.74, 6) is -1.64. The Balaban J connectivity index is 1.75. The Morgan fingerprint density at radius 2 is 1.46 bits per heavy atom. The number of hydrogen-bond donors (Lipinski definition) is 2. The SMILES string of the molecule is CC(C)(C)CN(CC(=O)O)C(=O)C(NC(=O)OCC1c2ccccc2-c2ccccc21)C(C)(C)C. The lowest BCUT2D eigenvalue weighted by molar-refractivity contribution is -0.147. The quantitative estimate of drug-likeness (QED) is 0.588. The first-order chi connectivity index (χ1) is 16.3. The lowest BCUT2D eigenvalue weighted by Gasteiger charge is -2.36. The molecule has 0 bridgehead atoms. The van der Waals surface area contributed by atoms with Gasteiger partial charge in [-0.15, -0.1) is 0 Å². The molecule has 0 aromatic heterocycles. The Kier molecular flexibility index (Phi) is 7.58. The first-order valence-electron chi connectivity index (χ1n) is 11.9. The number of carboxylic acids is 1. The van der Waals surface area contributed by atoms with Crippen molar-refractivity contribution < 1.29 is 24.2 Å². The number of aliphatic carboxylic acids is 1. The molecule has 2 aromatic carbocycles. The maximum atomic E-state index is 13.4. The second kappa shape index (κ2) is 10.1. The molecule has 35 heavy (non-hydrogen) atoms. The average molecular weight is 481 g/mol. The van der Waals surface area contributed by atoms with E-state index in [-0.39, 0.29) is 24.5 Å². The van der Waals surface area contributed by atoms with E-state index in [9.17, 15) is 19.5 Å². The van der Waals surface area contributed by atoms with Crippen molar-refractivity contribution in [1.82, 2.24) is 10.2 Å². The van der Waals surface area contributed by atoms with Crippen molar-refractivity contribution in [3.63, 3.8) is 0 Å². The summed E-state index contributed by atoms with van der Waals surface area (Å²) in [6, 6.07) is 15.2. The summed E-state index contributed by atoms with van der Waals surface area (Å²) < 4.78 is 5.64. The van der Waals surface area contributed by atoms with Crippen LogP contribution in [0, 0.1) is 10.8 Å². The van der Waals surface area contributed by atoms with Gasteiger partial charge in [0, 0.05) is 12.5 Å². The molecule has 3 rings (SSSR count). The van der Waals surface area contributed by atoms with Crippen LogP contribution in [0.15, 0.2) is 48.5 Å². The normalized spacial score (nSPS) is 14.0. The molecule has 2 amide bonds. The van der Waals surface area contributed by atoms with Crippen LogP contribution in [-0.4, -0.2) is 53.7 Å². The number of fused-ring (bicyclic) bond motifs is 3. The Morgan fingerprint density at radius 3 is 1.91 bits per heavy atom.